The fourth-order valence-corrected chi connectivity index (χ4v) is 3.61. The molecule has 2 heterocycles. The highest BCUT2D eigenvalue weighted by Gasteiger charge is 2.19. The number of carbonyl (C=O) groups excluding carboxylic acids is 1. The highest BCUT2D eigenvalue weighted by molar-refractivity contribution is 7.99. The summed E-state index contributed by atoms with van der Waals surface area (Å²) in [6.07, 6.45) is 2.56. The zero-order chi connectivity index (χ0) is 17.8. The van der Waals surface area contributed by atoms with Gasteiger partial charge in [0.2, 0.25) is 5.88 Å². The number of benzene rings is 1. The van der Waals surface area contributed by atoms with E-state index in [0.29, 0.717) is 11.4 Å². The highest BCUT2D eigenvalue weighted by Crippen LogP contribution is 2.28. The summed E-state index contributed by atoms with van der Waals surface area (Å²) in [7, 11) is 0. The molecule has 1 amide bonds. The predicted molar refractivity (Wildman–Crippen MR) is 96.7 cm³/mol. The molecular formula is C16H14ClN3O4S. The number of hydrogen-bond acceptors (Lipinski definition) is 6. The van der Waals surface area contributed by atoms with Crippen molar-refractivity contribution in [2.24, 2.45) is 0 Å². The average Bonchev–Trinajstić information content (AvgIpc) is 3.09. The van der Waals surface area contributed by atoms with Crippen molar-refractivity contribution in [3.63, 3.8) is 0 Å². The molecule has 1 aromatic carbocycles. The van der Waals surface area contributed by atoms with Gasteiger partial charge in [-0.25, -0.2) is 4.98 Å². The summed E-state index contributed by atoms with van der Waals surface area (Å²) in [5.41, 5.74) is 0.373. The van der Waals surface area contributed by atoms with Gasteiger partial charge in [-0.1, -0.05) is 11.6 Å². The Bertz CT molecular complexity index is 812. The van der Waals surface area contributed by atoms with Gasteiger partial charge in [-0.3, -0.25) is 14.9 Å². The van der Waals surface area contributed by atoms with E-state index in [0.717, 1.165) is 17.9 Å². The normalized spacial score (nSPS) is 16.4. The first-order valence-electron chi connectivity index (χ1n) is 7.48. The van der Waals surface area contributed by atoms with E-state index < -0.39 is 10.8 Å². The van der Waals surface area contributed by atoms with Crippen LogP contribution in [0.1, 0.15) is 16.8 Å². The fourth-order valence-electron chi connectivity index (χ4n) is 2.33. The molecule has 25 heavy (non-hydrogen) atoms. The summed E-state index contributed by atoms with van der Waals surface area (Å²) in [4.78, 5) is 26.8. The largest absolute Gasteiger partial charge is 0.473 e. The van der Waals surface area contributed by atoms with E-state index in [4.69, 9.17) is 16.3 Å². The van der Waals surface area contributed by atoms with E-state index >= 15 is 0 Å². The van der Waals surface area contributed by atoms with Crippen LogP contribution in [0.2, 0.25) is 5.02 Å². The van der Waals surface area contributed by atoms with Gasteiger partial charge in [0.25, 0.3) is 11.6 Å². The van der Waals surface area contributed by atoms with Crippen molar-refractivity contribution < 1.29 is 14.5 Å². The van der Waals surface area contributed by atoms with Crippen LogP contribution in [0, 0.1) is 10.1 Å². The van der Waals surface area contributed by atoms with Gasteiger partial charge in [-0.15, -0.1) is 0 Å². The van der Waals surface area contributed by atoms with Crippen molar-refractivity contribution in [3.05, 3.63) is 57.2 Å². The Kier molecular flexibility index (Phi) is 5.40. The van der Waals surface area contributed by atoms with E-state index in [-0.39, 0.29) is 22.5 Å². The molecule has 1 fully saturated rings. The molecule has 1 aliphatic heterocycles. The second-order valence-corrected chi connectivity index (χ2v) is 6.92. The molecule has 3 rings (SSSR count). The quantitative estimate of drug-likeness (QED) is 0.627. The number of amides is 1. The molecule has 2 aromatic rings. The number of nitrogens with zero attached hydrogens (tertiary/aromatic N) is 2. The molecule has 130 valence electrons. The van der Waals surface area contributed by atoms with Gasteiger partial charge in [0, 0.05) is 35.3 Å². The number of halogens is 1. The molecule has 1 unspecified atom stereocenters. The fraction of sp³-hybridized carbons (Fsp3) is 0.250. The lowest BCUT2D eigenvalue weighted by Crippen LogP contribution is -2.17. The molecular weight excluding hydrogens is 366 g/mol. The lowest BCUT2D eigenvalue weighted by molar-refractivity contribution is -0.384. The Morgan fingerprint density at radius 3 is 2.96 bits per heavy atom. The monoisotopic (exact) mass is 379 g/mol. The molecule has 0 saturated carbocycles. The second kappa shape index (κ2) is 7.71. The van der Waals surface area contributed by atoms with E-state index in [9.17, 15) is 14.9 Å². The summed E-state index contributed by atoms with van der Waals surface area (Å²) in [6.45, 7) is 0. The number of pyridine rings is 1. The van der Waals surface area contributed by atoms with Crippen molar-refractivity contribution in [1.29, 1.82) is 0 Å². The Labute approximate surface area is 152 Å². The summed E-state index contributed by atoms with van der Waals surface area (Å²) in [6, 6.07) is 7.20. The number of aromatic nitrogens is 1. The van der Waals surface area contributed by atoms with Crippen LogP contribution in [0.3, 0.4) is 0 Å². The topological polar surface area (TPSA) is 94.4 Å². The summed E-state index contributed by atoms with van der Waals surface area (Å²) >= 11 is 7.59. The molecule has 1 aliphatic rings. The molecule has 1 saturated heterocycles. The van der Waals surface area contributed by atoms with Crippen molar-refractivity contribution >= 4 is 40.6 Å². The minimum atomic E-state index is -0.601. The maximum absolute atomic E-state index is 12.4. The van der Waals surface area contributed by atoms with Crippen LogP contribution in [-0.2, 0) is 0 Å². The smallest absolute Gasteiger partial charge is 0.289 e. The number of anilines is 1. The molecule has 1 N–H and O–H groups in total. The highest BCUT2D eigenvalue weighted by atomic mass is 35.5. The number of rotatable bonds is 5. The standard InChI is InChI=1S/C16H14ClN3O4S/c17-13-2-1-11(8-14(13)20(22)23)19-16(21)10-3-5-18-15(7-10)24-12-4-6-25-9-12/h1-3,5,7-8,12H,4,6,9H2,(H,19,21). The molecule has 1 aromatic heterocycles. The number of carbonyl (C=O) groups is 1. The number of ether oxygens (including phenoxy) is 1. The van der Waals surface area contributed by atoms with Gasteiger partial charge < -0.3 is 10.1 Å². The third-order valence-electron chi connectivity index (χ3n) is 3.57. The third-order valence-corrected chi connectivity index (χ3v) is 5.02. The number of thioether (sulfide) groups is 1. The van der Waals surface area contributed by atoms with Crippen molar-refractivity contribution in [2.75, 3.05) is 16.8 Å². The first kappa shape index (κ1) is 17.5. The number of nitrogens with one attached hydrogen (secondary N) is 1. The summed E-state index contributed by atoms with van der Waals surface area (Å²) in [5.74, 6) is 1.94. The molecule has 0 spiro atoms. The van der Waals surface area contributed by atoms with Gasteiger partial charge >= 0.3 is 0 Å². The van der Waals surface area contributed by atoms with Crippen LogP contribution >= 0.6 is 23.4 Å². The van der Waals surface area contributed by atoms with Gasteiger partial charge in [-0.2, -0.15) is 11.8 Å². The number of nitro groups is 1. The van der Waals surface area contributed by atoms with E-state index in [1.807, 2.05) is 11.8 Å². The van der Waals surface area contributed by atoms with Crippen molar-refractivity contribution in [1.82, 2.24) is 4.98 Å². The first-order valence-corrected chi connectivity index (χ1v) is 9.02. The van der Waals surface area contributed by atoms with Gasteiger partial charge in [0.05, 0.1) is 4.92 Å². The van der Waals surface area contributed by atoms with Crippen molar-refractivity contribution in [3.8, 4) is 5.88 Å². The number of hydrogen-bond donors (Lipinski definition) is 1. The molecule has 0 radical (unpaired) electrons. The van der Waals surface area contributed by atoms with Crippen LogP contribution in [-0.4, -0.2) is 33.4 Å². The average molecular weight is 380 g/mol. The van der Waals surface area contributed by atoms with Crippen LogP contribution in [0.5, 0.6) is 5.88 Å². The van der Waals surface area contributed by atoms with E-state index in [2.05, 4.69) is 10.3 Å². The lowest BCUT2D eigenvalue weighted by atomic mass is 10.2. The summed E-state index contributed by atoms with van der Waals surface area (Å²) < 4.78 is 5.76. The van der Waals surface area contributed by atoms with Crippen LogP contribution < -0.4 is 10.1 Å². The second-order valence-electron chi connectivity index (χ2n) is 5.36. The molecule has 1 atom stereocenters. The minimum absolute atomic E-state index is 0.0111. The maximum atomic E-state index is 12.4. The zero-order valence-electron chi connectivity index (χ0n) is 13.0. The zero-order valence-corrected chi connectivity index (χ0v) is 14.5. The molecule has 7 nitrogen and oxygen atoms in total. The Balaban J connectivity index is 1.72. The summed E-state index contributed by atoms with van der Waals surface area (Å²) in [5, 5.41) is 13.5. The Hall–Kier alpha value is -2.32. The third kappa shape index (κ3) is 4.40. The molecule has 9 heteroatoms. The Morgan fingerprint density at radius 1 is 1.40 bits per heavy atom. The predicted octanol–water partition coefficient (Wildman–Crippen LogP) is 3.78. The molecule has 0 aliphatic carbocycles. The van der Waals surface area contributed by atoms with Crippen LogP contribution in [0.15, 0.2) is 36.5 Å². The van der Waals surface area contributed by atoms with Crippen LogP contribution in [0.25, 0.3) is 0 Å². The van der Waals surface area contributed by atoms with E-state index in [1.54, 1.807) is 12.1 Å². The van der Waals surface area contributed by atoms with E-state index in [1.165, 1.54) is 24.4 Å². The lowest BCUT2D eigenvalue weighted by Gasteiger charge is -2.12. The van der Waals surface area contributed by atoms with Gasteiger partial charge in [0.15, 0.2) is 0 Å². The minimum Gasteiger partial charge on any atom is -0.473 e. The first-order chi connectivity index (χ1) is 12.0. The van der Waals surface area contributed by atoms with Gasteiger partial charge in [0.1, 0.15) is 11.1 Å². The Morgan fingerprint density at radius 2 is 2.24 bits per heavy atom. The van der Waals surface area contributed by atoms with Crippen molar-refractivity contribution in [2.45, 2.75) is 12.5 Å². The van der Waals surface area contributed by atoms with Gasteiger partial charge in [-0.05, 0) is 30.4 Å². The SMILES string of the molecule is O=C(Nc1ccc(Cl)c([N+](=O)[O-])c1)c1ccnc(OC2CCSC2)c1. The maximum Gasteiger partial charge on any atom is 0.289 e. The number of nitro benzene ring substituents is 1. The van der Waals surface area contributed by atoms with Crippen LogP contribution in [0.4, 0.5) is 11.4 Å². The molecule has 0 bridgehead atoms.